The highest BCUT2D eigenvalue weighted by molar-refractivity contribution is 5.91. The van der Waals surface area contributed by atoms with Crippen LogP contribution in [0.4, 0.5) is 10.6 Å². The van der Waals surface area contributed by atoms with Crippen molar-refractivity contribution in [1.29, 1.82) is 0 Å². The molecule has 18 heteroatoms. The van der Waals surface area contributed by atoms with Crippen LogP contribution in [-0.2, 0) is 44.7 Å². The number of nitrogens with two attached hydrogens (primary N) is 1. The number of pyridine rings is 1. The lowest BCUT2D eigenvalue weighted by molar-refractivity contribution is -0.302. The highest BCUT2D eigenvalue weighted by atomic mass is 16.7. The molecule has 4 saturated heterocycles. The van der Waals surface area contributed by atoms with Crippen molar-refractivity contribution in [2.45, 2.75) is 141 Å². The quantitative estimate of drug-likeness (QED) is 0.280. The number of oxime groups is 1. The molecule has 5 aliphatic heterocycles. The van der Waals surface area contributed by atoms with E-state index in [0.717, 1.165) is 5.71 Å². The van der Waals surface area contributed by atoms with E-state index in [0.29, 0.717) is 55.1 Å². The number of rotatable bonds is 8. The first kappa shape index (κ1) is 46.7. The number of aromatic nitrogens is 3. The molecule has 0 spiro atoms. The van der Waals surface area contributed by atoms with E-state index in [2.05, 4.69) is 34.0 Å². The number of aliphatic hydroxyl groups is 1. The largest absolute Gasteiger partial charge is 0.458 e. The van der Waals surface area contributed by atoms with Crippen molar-refractivity contribution in [2.75, 3.05) is 46.1 Å². The molecule has 0 unspecified atom stereocenters. The van der Waals surface area contributed by atoms with Gasteiger partial charge in [-0.05, 0) is 79.1 Å². The molecule has 7 rings (SSSR count). The summed E-state index contributed by atoms with van der Waals surface area (Å²) in [6.45, 7) is 16.4. The van der Waals surface area contributed by atoms with Crippen LogP contribution in [0.15, 0.2) is 40.7 Å². The lowest BCUT2D eigenvalue weighted by atomic mass is 9.72. The molecule has 0 aromatic carbocycles. The molecule has 346 valence electrons. The maximum Gasteiger partial charge on any atom is 0.410 e. The average Bonchev–Trinajstić information content (AvgIpc) is 3.39. The summed E-state index contributed by atoms with van der Waals surface area (Å²) in [5.74, 6) is -2.09. The minimum Gasteiger partial charge on any atom is -0.458 e. The van der Waals surface area contributed by atoms with Gasteiger partial charge in [-0.3, -0.25) is 19.7 Å². The number of likely N-dealkylation sites (N-methyl/N-ethyl adjacent to an activating group) is 1. The van der Waals surface area contributed by atoms with Gasteiger partial charge in [0, 0.05) is 30.1 Å². The van der Waals surface area contributed by atoms with Gasteiger partial charge in [0.25, 0.3) is 0 Å². The number of aliphatic hydroxyl groups excluding tert-OH is 1. The molecule has 14 atom stereocenters. The van der Waals surface area contributed by atoms with Gasteiger partial charge in [0.05, 0.1) is 79.4 Å². The Morgan fingerprint density at radius 3 is 2.56 bits per heavy atom. The second-order valence-electron chi connectivity index (χ2n) is 18.7. The summed E-state index contributed by atoms with van der Waals surface area (Å²) in [5, 5.41) is 16.3. The predicted molar refractivity (Wildman–Crippen MR) is 232 cm³/mol. The molecule has 2 aromatic heterocycles. The van der Waals surface area contributed by atoms with Crippen molar-refractivity contribution in [1.82, 2.24) is 24.8 Å². The monoisotopic (exact) mass is 878 g/mol. The lowest BCUT2D eigenvalue weighted by Crippen LogP contribution is -2.60. The zero-order valence-electron chi connectivity index (χ0n) is 38.3. The second-order valence-corrected chi connectivity index (χ2v) is 18.7. The number of nitrogen functional groups attached to an aromatic ring is 1. The van der Waals surface area contributed by atoms with Crippen molar-refractivity contribution in [2.24, 2.45) is 33.8 Å². The van der Waals surface area contributed by atoms with E-state index in [1.54, 1.807) is 18.0 Å². The van der Waals surface area contributed by atoms with Gasteiger partial charge in [-0.25, -0.2) is 14.8 Å². The molecule has 4 bridgehead atoms. The minimum absolute atomic E-state index is 0.0186. The Balaban J connectivity index is 1.28. The number of ether oxygens (including phenoxy) is 6. The molecule has 7 heterocycles. The summed E-state index contributed by atoms with van der Waals surface area (Å²) < 4.78 is 39.9. The van der Waals surface area contributed by atoms with E-state index in [1.807, 2.05) is 71.8 Å². The highest BCUT2D eigenvalue weighted by Crippen LogP contribution is 2.45. The molecule has 2 aromatic rings. The zero-order chi connectivity index (χ0) is 45.4. The molecular weight excluding hydrogens is 813 g/mol. The van der Waals surface area contributed by atoms with Gasteiger partial charge < -0.3 is 49.0 Å². The van der Waals surface area contributed by atoms with Crippen LogP contribution in [0.5, 0.6) is 0 Å². The molecule has 5 aliphatic rings. The SMILES string of the molecule is CC[C@H]1OC(=O)[C@H](C)[C@H]2OC/C(=N\OCc3cccc(-c4cncc(N)n4)n3)CO[C@](C)(C[C@@H](C)C3=NCCN4C(=O)O[C@@]1(C)[C@H]4[C@H]3C)[C@H](O[C@H]1O[C@@H](C)C[C@@H](N(C)C)[C@@H]1O)[C@H]2C. The number of hydrogen-bond donors (Lipinski definition) is 2. The number of fused-ring (bicyclic) bond motifs is 4. The zero-order valence-corrected chi connectivity index (χ0v) is 38.3. The van der Waals surface area contributed by atoms with Crippen molar-refractivity contribution in [3.63, 3.8) is 0 Å². The van der Waals surface area contributed by atoms with Crippen LogP contribution in [-0.4, -0.2) is 154 Å². The van der Waals surface area contributed by atoms with Crippen molar-refractivity contribution in [3.8, 4) is 11.4 Å². The van der Waals surface area contributed by atoms with E-state index in [9.17, 15) is 14.7 Å². The second kappa shape index (κ2) is 19.0. The van der Waals surface area contributed by atoms with Gasteiger partial charge in [-0.1, -0.05) is 38.9 Å². The van der Waals surface area contributed by atoms with Crippen LogP contribution in [0, 0.1) is 23.7 Å². The number of hydrogen-bond acceptors (Lipinski definition) is 17. The third-order valence-corrected chi connectivity index (χ3v) is 13.7. The Hall–Kier alpha value is -4.33. The molecule has 63 heavy (non-hydrogen) atoms. The first-order valence-corrected chi connectivity index (χ1v) is 22.3. The van der Waals surface area contributed by atoms with Crippen LogP contribution in [0.3, 0.4) is 0 Å². The van der Waals surface area contributed by atoms with Gasteiger partial charge in [0.1, 0.15) is 29.4 Å². The Kier molecular flexibility index (Phi) is 14.1. The minimum atomic E-state index is -1.15. The van der Waals surface area contributed by atoms with Crippen LogP contribution in [0.25, 0.3) is 11.4 Å². The Labute approximate surface area is 370 Å². The summed E-state index contributed by atoms with van der Waals surface area (Å²) in [4.78, 5) is 56.1. The normalized spacial score (nSPS) is 38.4. The number of nitrogens with zero attached hydrogens (tertiary/aromatic N) is 7. The van der Waals surface area contributed by atoms with E-state index >= 15 is 0 Å². The third kappa shape index (κ3) is 9.57. The van der Waals surface area contributed by atoms with Gasteiger partial charge >= 0.3 is 12.1 Å². The van der Waals surface area contributed by atoms with Gasteiger partial charge in [0.15, 0.2) is 18.5 Å². The number of carbonyl (C=O) groups is 2. The summed E-state index contributed by atoms with van der Waals surface area (Å²) >= 11 is 0. The molecule has 1 amide bonds. The summed E-state index contributed by atoms with van der Waals surface area (Å²) in [7, 11) is 3.86. The van der Waals surface area contributed by atoms with Gasteiger partial charge in [0.2, 0.25) is 0 Å². The first-order chi connectivity index (χ1) is 29.9. The fraction of sp³-hybridized carbons (Fsp3) is 0.711. The summed E-state index contributed by atoms with van der Waals surface area (Å²) in [6.07, 6.45) is -0.591. The first-order valence-electron chi connectivity index (χ1n) is 22.3. The Morgan fingerprint density at radius 1 is 1.05 bits per heavy atom. The van der Waals surface area contributed by atoms with Crippen LogP contribution in [0.1, 0.15) is 80.3 Å². The van der Waals surface area contributed by atoms with Crippen LogP contribution < -0.4 is 5.73 Å². The number of carbonyl (C=O) groups excluding carboxylic acids is 2. The number of esters is 1. The maximum atomic E-state index is 14.6. The molecule has 4 fully saturated rings. The van der Waals surface area contributed by atoms with Crippen molar-refractivity contribution in [3.05, 3.63) is 36.3 Å². The van der Waals surface area contributed by atoms with E-state index in [1.165, 1.54) is 6.20 Å². The van der Waals surface area contributed by atoms with E-state index in [-0.39, 0.29) is 49.6 Å². The van der Waals surface area contributed by atoms with Crippen LogP contribution in [0.2, 0.25) is 0 Å². The molecule has 0 saturated carbocycles. The van der Waals surface area contributed by atoms with Gasteiger partial charge in [-0.15, -0.1) is 0 Å². The standard InChI is InChI=1S/C45H66N8O10/c1-11-34-45(8)39-26(4)36(48-15-16-53(39)43(56)63-45)24(2)18-44(7)40(62-42-37(54)33(52(9)10)17-25(3)60-42)27(5)38(28(6)41(55)61-34)57-21-30(22-58-44)51-59-23-29-13-12-14-31(49-29)32-19-47-20-35(46)50-32/h12-14,19-20,24-28,33-34,37-40,42,54H,11,15-18,21-23H2,1-10H3,(H2,46,50)/b51-30+/t24-,25+,26+,27+,28-,33-,34-,37+,38+,39-,40-,42-,44-,45-/m1/s1. The topological polar surface area (TPSA) is 215 Å². The van der Waals surface area contributed by atoms with Crippen LogP contribution >= 0.6 is 0 Å². The Bertz CT molecular complexity index is 2020. The maximum absolute atomic E-state index is 14.6. The van der Waals surface area contributed by atoms with Gasteiger partial charge in [-0.2, -0.15) is 0 Å². The molecule has 18 nitrogen and oxygen atoms in total. The lowest BCUT2D eigenvalue weighted by Gasteiger charge is -2.48. The molecule has 3 N–H and O–H groups in total. The molecular formula is C45H66N8O10. The number of cyclic esters (lactones) is 1. The fourth-order valence-electron chi connectivity index (χ4n) is 10.6. The smallest absolute Gasteiger partial charge is 0.410 e. The number of anilines is 1. The van der Waals surface area contributed by atoms with Crippen molar-refractivity contribution >= 4 is 29.3 Å². The van der Waals surface area contributed by atoms with E-state index < -0.39 is 71.8 Å². The highest BCUT2D eigenvalue weighted by Gasteiger charge is 2.60. The fourth-order valence-corrected chi connectivity index (χ4v) is 10.6. The Morgan fingerprint density at radius 2 is 1.83 bits per heavy atom. The average molecular weight is 879 g/mol. The van der Waals surface area contributed by atoms with Crippen molar-refractivity contribution < 1.29 is 48.0 Å². The predicted octanol–water partition coefficient (Wildman–Crippen LogP) is 4.28. The number of aliphatic imine (C=N–C) groups is 1. The number of amides is 1. The summed E-state index contributed by atoms with van der Waals surface area (Å²) in [6, 6.07) is 4.78. The summed E-state index contributed by atoms with van der Waals surface area (Å²) in [5.41, 5.74) is 6.61. The third-order valence-electron chi connectivity index (χ3n) is 13.7. The van der Waals surface area contributed by atoms with E-state index in [4.69, 9.17) is 44.0 Å². The molecule has 0 aliphatic carbocycles. The molecule has 0 radical (unpaired) electrons.